The molecule has 6 nitrogen and oxygen atoms in total. The number of rotatable bonds is 3. The molecular formula is C16H18N4O2S. The lowest BCUT2D eigenvalue weighted by Gasteiger charge is -2.26. The van der Waals surface area contributed by atoms with Crippen molar-refractivity contribution in [2.75, 3.05) is 18.4 Å². The number of benzene rings is 1. The topological polar surface area (TPSA) is 75.2 Å². The molecule has 0 radical (unpaired) electrons. The van der Waals surface area contributed by atoms with Gasteiger partial charge in [-0.2, -0.15) is 0 Å². The van der Waals surface area contributed by atoms with E-state index in [4.69, 9.17) is 0 Å². The summed E-state index contributed by atoms with van der Waals surface area (Å²) in [6.07, 6.45) is 3.34. The number of carbonyl (C=O) groups is 2. The first-order valence-corrected chi connectivity index (χ1v) is 8.46. The minimum absolute atomic E-state index is 0.0577. The third-order valence-electron chi connectivity index (χ3n) is 3.75. The van der Waals surface area contributed by atoms with Crippen LogP contribution in [-0.4, -0.2) is 40.0 Å². The van der Waals surface area contributed by atoms with E-state index in [9.17, 15) is 9.59 Å². The van der Waals surface area contributed by atoms with Crippen LogP contribution in [0.1, 0.15) is 44.4 Å². The number of aryl methyl sites for hydroxylation is 1. The zero-order chi connectivity index (χ0) is 16.2. The summed E-state index contributed by atoms with van der Waals surface area (Å²) in [7, 11) is 0. The molecule has 7 heteroatoms. The molecule has 0 unspecified atom stereocenters. The van der Waals surface area contributed by atoms with Gasteiger partial charge in [-0.25, -0.2) is 0 Å². The number of amides is 2. The van der Waals surface area contributed by atoms with Crippen LogP contribution in [0.3, 0.4) is 0 Å². The molecule has 1 aliphatic rings. The van der Waals surface area contributed by atoms with E-state index >= 15 is 0 Å². The summed E-state index contributed by atoms with van der Waals surface area (Å²) in [5, 5.41) is 11.5. The van der Waals surface area contributed by atoms with Crippen molar-refractivity contribution in [3.8, 4) is 0 Å². The Kier molecular flexibility index (Phi) is 4.66. The maximum absolute atomic E-state index is 12.4. The molecular weight excluding hydrogens is 312 g/mol. The van der Waals surface area contributed by atoms with Gasteiger partial charge >= 0.3 is 0 Å². The highest BCUT2D eigenvalue weighted by Gasteiger charge is 2.18. The van der Waals surface area contributed by atoms with E-state index in [1.165, 1.54) is 17.8 Å². The van der Waals surface area contributed by atoms with Gasteiger partial charge in [0.05, 0.1) is 0 Å². The highest BCUT2D eigenvalue weighted by Crippen LogP contribution is 2.17. The number of aromatic nitrogens is 2. The Labute approximate surface area is 138 Å². The van der Waals surface area contributed by atoms with E-state index in [1.54, 1.807) is 31.2 Å². The number of carbonyl (C=O) groups excluding carboxylic acids is 2. The minimum atomic E-state index is -0.286. The fraction of sp³-hybridized carbons (Fsp3) is 0.375. The van der Waals surface area contributed by atoms with Crippen LogP contribution < -0.4 is 5.32 Å². The molecule has 0 aliphatic carbocycles. The second kappa shape index (κ2) is 6.87. The molecule has 1 fully saturated rings. The molecule has 23 heavy (non-hydrogen) atoms. The van der Waals surface area contributed by atoms with Crippen LogP contribution in [0, 0.1) is 6.92 Å². The summed E-state index contributed by atoms with van der Waals surface area (Å²) in [6.45, 7) is 3.46. The van der Waals surface area contributed by atoms with Crippen LogP contribution in [0.15, 0.2) is 24.3 Å². The highest BCUT2D eigenvalue weighted by atomic mass is 32.1. The number of nitrogens with zero attached hydrogens (tertiary/aromatic N) is 3. The molecule has 0 atom stereocenters. The van der Waals surface area contributed by atoms with E-state index in [-0.39, 0.29) is 11.8 Å². The fourth-order valence-electron chi connectivity index (χ4n) is 2.55. The number of nitrogens with one attached hydrogen (secondary N) is 1. The molecule has 0 spiro atoms. The van der Waals surface area contributed by atoms with Crippen LogP contribution in [0.25, 0.3) is 0 Å². The molecule has 0 bridgehead atoms. The molecule has 2 aromatic rings. The first-order chi connectivity index (χ1) is 11.1. The third-order valence-corrected chi connectivity index (χ3v) is 4.59. The molecule has 1 saturated heterocycles. The van der Waals surface area contributed by atoms with Gasteiger partial charge in [-0.15, -0.1) is 10.2 Å². The highest BCUT2D eigenvalue weighted by molar-refractivity contribution is 7.13. The summed E-state index contributed by atoms with van der Waals surface area (Å²) >= 11 is 1.25. The van der Waals surface area contributed by atoms with Gasteiger partial charge in [0.15, 0.2) is 0 Å². The second-order valence-corrected chi connectivity index (χ2v) is 6.69. The normalized spacial score (nSPS) is 14.6. The number of hydrogen-bond acceptors (Lipinski definition) is 5. The van der Waals surface area contributed by atoms with Gasteiger partial charge in [0, 0.05) is 24.3 Å². The summed E-state index contributed by atoms with van der Waals surface area (Å²) in [5.74, 6) is -0.229. The predicted molar refractivity (Wildman–Crippen MR) is 88.8 cm³/mol. The van der Waals surface area contributed by atoms with Crippen LogP contribution >= 0.6 is 11.3 Å². The van der Waals surface area contributed by atoms with Crippen molar-refractivity contribution < 1.29 is 9.59 Å². The fourth-order valence-corrected chi connectivity index (χ4v) is 3.14. The predicted octanol–water partition coefficient (Wildman–Crippen LogP) is 2.72. The second-order valence-electron chi connectivity index (χ2n) is 5.51. The Hall–Kier alpha value is -2.28. The number of piperidine rings is 1. The lowest BCUT2D eigenvalue weighted by Crippen LogP contribution is -2.35. The number of anilines is 1. The van der Waals surface area contributed by atoms with Gasteiger partial charge in [0.1, 0.15) is 5.01 Å². The molecule has 1 N–H and O–H groups in total. The van der Waals surface area contributed by atoms with Gasteiger partial charge in [-0.1, -0.05) is 11.3 Å². The summed E-state index contributed by atoms with van der Waals surface area (Å²) < 4.78 is 0. The summed E-state index contributed by atoms with van der Waals surface area (Å²) in [6, 6.07) is 6.97. The Morgan fingerprint density at radius 3 is 2.39 bits per heavy atom. The summed E-state index contributed by atoms with van der Waals surface area (Å²) in [5.41, 5.74) is 1.29. The Morgan fingerprint density at radius 1 is 1.09 bits per heavy atom. The van der Waals surface area contributed by atoms with Gasteiger partial charge in [-0.3, -0.25) is 9.59 Å². The lowest BCUT2D eigenvalue weighted by atomic mass is 10.1. The number of likely N-dealkylation sites (tertiary alicyclic amines) is 1. The van der Waals surface area contributed by atoms with E-state index in [0.717, 1.165) is 30.9 Å². The van der Waals surface area contributed by atoms with Crippen LogP contribution in [0.4, 0.5) is 5.69 Å². The third kappa shape index (κ3) is 3.73. The maximum atomic E-state index is 12.4. The van der Waals surface area contributed by atoms with E-state index in [1.807, 2.05) is 4.90 Å². The van der Waals surface area contributed by atoms with E-state index < -0.39 is 0 Å². The van der Waals surface area contributed by atoms with Crippen molar-refractivity contribution in [3.05, 3.63) is 39.8 Å². The van der Waals surface area contributed by atoms with Gasteiger partial charge in [0.25, 0.3) is 11.8 Å². The first kappa shape index (κ1) is 15.6. The quantitative estimate of drug-likeness (QED) is 0.939. The average molecular weight is 330 g/mol. The Balaban J connectivity index is 1.64. The maximum Gasteiger partial charge on any atom is 0.286 e. The molecule has 120 valence electrons. The van der Waals surface area contributed by atoms with Gasteiger partial charge < -0.3 is 10.2 Å². The van der Waals surface area contributed by atoms with Crippen molar-refractivity contribution in [2.24, 2.45) is 0 Å². The molecule has 3 rings (SSSR count). The van der Waals surface area contributed by atoms with Gasteiger partial charge in [0.2, 0.25) is 5.01 Å². The Morgan fingerprint density at radius 2 is 1.78 bits per heavy atom. The van der Waals surface area contributed by atoms with E-state index in [0.29, 0.717) is 16.3 Å². The zero-order valence-corrected chi connectivity index (χ0v) is 13.7. The molecule has 2 heterocycles. The largest absolute Gasteiger partial charge is 0.339 e. The lowest BCUT2D eigenvalue weighted by molar-refractivity contribution is 0.0724. The van der Waals surface area contributed by atoms with Crippen molar-refractivity contribution in [2.45, 2.75) is 26.2 Å². The molecule has 1 aromatic carbocycles. The average Bonchev–Trinajstić information content (AvgIpc) is 3.02. The monoisotopic (exact) mass is 330 g/mol. The van der Waals surface area contributed by atoms with Gasteiger partial charge in [-0.05, 0) is 50.5 Å². The Bertz CT molecular complexity index is 705. The first-order valence-electron chi connectivity index (χ1n) is 7.64. The van der Waals surface area contributed by atoms with Crippen LogP contribution in [0.5, 0.6) is 0 Å². The SMILES string of the molecule is Cc1nnc(C(=O)Nc2ccc(C(=O)N3CCCCC3)cc2)s1. The minimum Gasteiger partial charge on any atom is -0.339 e. The van der Waals surface area contributed by atoms with Crippen molar-refractivity contribution >= 4 is 28.8 Å². The van der Waals surface area contributed by atoms with Crippen LogP contribution in [0.2, 0.25) is 0 Å². The smallest absolute Gasteiger partial charge is 0.286 e. The van der Waals surface area contributed by atoms with Crippen molar-refractivity contribution in [3.63, 3.8) is 0 Å². The zero-order valence-electron chi connectivity index (χ0n) is 12.9. The van der Waals surface area contributed by atoms with Crippen molar-refractivity contribution in [1.29, 1.82) is 0 Å². The number of hydrogen-bond donors (Lipinski definition) is 1. The molecule has 1 aromatic heterocycles. The molecule has 2 amide bonds. The van der Waals surface area contributed by atoms with Crippen molar-refractivity contribution in [1.82, 2.24) is 15.1 Å². The van der Waals surface area contributed by atoms with Crippen LogP contribution in [-0.2, 0) is 0 Å². The van der Waals surface area contributed by atoms with E-state index in [2.05, 4.69) is 15.5 Å². The summed E-state index contributed by atoms with van der Waals surface area (Å²) in [4.78, 5) is 26.3. The molecule has 1 aliphatic heterocycles. The standard InChI is InChI=1S/C16H18N4O2S/c1-11-18-19-15(23-11)14(21)17-13-7-5-12(6-8-13)16(22)20-9-3-2-4-10-20/h5-8H,2-4,9-10H2,1H3,(H,17,21). The molecule has 0 saturated carbocycles.